The van der Waals surface area contributed by atoms with Gasteiger partial charge in [-0.25, -0.2) is 18.7 Å². The van der Waals surface area contributed by atoms with Gasteiger partial charge in [0.25, 0.3) is 0 Å². The molecule has 4 nitrogen and oxygen atoms in total. The molecular weight excluding hydrogens is 394 g/mol. The van der Waals surface area contributed by atoms with Crippen molar-refractivity contribution in [1.29, 1.82) is 0 Å². The second kappa shape index (κ2) is 9.18. The summed E-state index contributed by atoms with van der Waals surface area (Å²) in [6.07, 6.45) is 4.37. The monoisotopic (exact) mass is 418 g/mol. The van der Waals surface area contributed by atoms with Gasteiger partial charge in [0.1, 0.15) is 5.82 Å². The average Bonchev–Trinajstić information content (AvgIpc) is 2.76. The zero-order valence-electron chi connectivity index (χ0n) is 17.6. The van der Waals surface area contributed by atoms with Gasteiger partial charge in [0.2, 0.25) is 0 Å². The number of nitrogens with one attached hydrogen (secondary N) is 1. The van der Waals surface area contributed by atoms with Gasteiger partial charge < -0.3 is 10.2 Å². The van der Waals surface area contributed by atoms with Crippen LogP contribution in [-0.2, 0) is 0 Å². The maximum atomic E-state index is 13.5. The molecule has 0 spiro atoms. The third-order valence-electron chi connectivity index (χ3n) is 5.02. The smallest absolute Gasteiger partial charge is 0.159 e. The normalized spacial score (nSPS) is 11.8. The van der Waals surface area contributed by atoms with Crippen LogP contribution in [0, 0.1) is 11.6 Å². The molecule has 0 radical (unpaired) electrons. The van der Waals surface area contributed by atoms with Gasteiger partial charge >= 0.3 is 0 Å². The Labute approximate surface area is 180 Å². The molecule has 1 heterocycles. The molecule has 6 heteroatoms. The molecule has 158 valence electrons. The Kier molecular flexibility index (Phi) is 6.18. The lowest BCUT2D eigenvalue weighted by molar-refractivity contribution is 0.405. The van der Waals surface area contributed by atoms with Gasteiger partial charge in [-0.15, -0.1) is 0 Å². The highest BCUT2D eigenvalue weighted by molar-refractivity contribution is 6.01. The first-order valence-electron chi connectivity index (χ1n) is 10.2. The minimum absolute atomic E-state index is 0.502. The van der Waals surface area contributed by atoms with Gasteiger partial charge in [-0.3, -0.25) is 0 Å². The highest BCUT2D eigenvalue weighted by atomic mass is 19.2. The predicted octanol–water partition coefficient (Wildman–Crippen LogP) is 5.60. The maximum absolute atomic E-state index is 13.5. The van der Waals surface area contributed by atoms with E-state index >= 15 is 0 Å². The fourth-order valence-electron chi connectivity index (χ4n) is 3.43. The third-order valence-corrected chi connectivity index (χ3v) is 5.02. The van der Waals surface area contributed by atoms with Crippen LogP contribution in [0.25, 0.3) is 33.8 Å². The Morgan fingerprint density at radius 2 is 1.68 bits per heavy atom. The summed E-state index contributed by atoms with van der Waals surface area (Å²) < 4.78 is 26.7. The number of aromatic nitrogens is 2. The molecule has 3 aromatic carbocycles. The molecule has 0 saturated heterocycles. The molecule has 0 amide bonds. The number of rotatable bonds is 7. The topological polar surface area (TPSA) is 41.0 Å². The van der Waals surface area contributed by atoms with Gasteiger partial charge in [0, 0.05) is 11.9 Å². The first-order chi connectivity index (χ1) is 15.0. The molecule has 0 aliphatic rings. The van der Waals surface area contributed by atoms with Crippen LogP contribution in [0.5, 0.6) is 0 Å². The lowest BCUT2D eigenvalue weighted by Gasteiger charge is -2.13. The summed E-state index contributed by atoms with van der Waals surface area (Å²) in [6.45, 7) is 1.76. The number of fused-ring (bicyclic) bond motifs is 2. The van der Waals surface area contributed by atoms with Gasteiger partial charge in [0.05, 0.1) is 5.52 Å². The Hall–Kier alpha value is -3.38. The van der Waals surface area contributed by atoms with E-state index in [1.807, 2.05) is 32.3 Å². The van der Waals surface area contributed by atoms with Crippen molar-refractivity contribution in [2.24, 2.45) is 0 Å². The zero-order valence-corrected chi connectivity index (χ0v) is 17.6. The van der Waals surface area contributed by atoms with Gasteiger partial charge in [-0.05, 0) is 73.7 Å². The first-order valence-corrected chi connectivity index (χ1v) is 10.2. The molecule has 0 fully saturated rings. The number of anilines is 1. The second-order valence-corrected chi connectivity index (χ2v) is 7.74. The first kappa shape index (κ1) is 20.9. The Morgan fingerprint density at radius 1 is 0.903 bits per heavy atom. The van der Waals surface area contributed by atoms with Crippen LogP contribution < -0.4 is 5.32 Å². The zero-order chi connectivity index (χ0) is 21.8. The number of halogens is 2. The van der Waals surface area contributed by atoms with Crippen molar-refractivity contribution in [3.8, 4) is 0 Å². The van der Waals surface area contributed by atoms with Crippen LogP contribution in [0.1, 0.15) is 17.8 Å². The molecule has 4 rings (SSSR count). The van der Waals surface area contributed by atoms with Crippen LogP contribution in [0.3, 0.4) is 0 Å². The van der Waals surface area contributed by atoms with Gasteiger partial charge in [-0.2, -0.15) is 0 Å². The lowest BCUT2D eigenvalue weighted by Crippen LogP contribution is -2.17. The molecular formula is C25H24F2N4. The average molecular weight is 418 g/mol. The molecule has 0 bridgehead atoms. The fraction of sp³-hybridized carbons (Fsp3) is 0.200. The molecule has 31 heavy (non-hydrogen) atoms. The van der Waals surface area contributed by atoms with Crippen LogP contribution in [0.2, 0.25) is 0 Å². The summed E-state index contributed by atoms with van der Waals surface area (Å²) in [5.74, 6) is -0.478. The van der Waals surface area contributed by atoms with Crippen LogP contribution in [0.4, 0.5) is 14.6 Å². The highest BCUT2D eigenvalue weighted by Crippen LogP contribution is 2.27. The summed E-state index contributed by atoms with van der Waals surface area (Å²) in [6, 6.07) is 16.1. The van der Waals surface area contributed by atoms with Crippen LogP contribution >= 0.6 is 0 Å². The summed E-state index contributed by atoms with van der Waals surface area (Å²) in [5.41, 5.74) is 1.37. The van der Waals surface area contributed by atoms with Crippen LogP contribution in [-0.4, -0.2) is 42.1 Å². The molecule has 4 aromatic rings. The minimum Gasteiger partial charge on any atom is -0.369 e. The van der Waals surface area contributed by atoms with E-state index in [0.717, 1.165) is 59.1 Å². The quantitative estimate of drug-likeness (QED) is 0.314. The van der Waals surface area contributed by atoms with E-state index in [0.29, 0.717) is 11.4 Å². The third kappa shape index (κ3) is 5.03. The van der Waals surface area contributed by atoms with Crippen molar-refractivity contribution < 1.29 is 8.78 Å². The largest absolute Gasteiger partial charge is 0.369 e. The van der Waals surface area contributed by atoms with Crippen molar-refractivity contribution in [1.82, 2.24) is 14.9 Å². The van der Waals surface area contributed by atoms with E-state index in [1.165, 1.54) is 6.07 Å². The Morgan fingerprint density at radius 3 is 2.42 bits per heavy atom. The number of benzene rings is 3. The molecule has 0 unspecified atom stereocenters. The standard InChI is InChI=1S/C25H24F2N4/c1-31(2)13-5-12-28-25-20-15-18-6-3-4-7-19(18)16-23(20)29-24(30-25)11-9-17-8-10-21(26)22(27)14-17/h3-4,6-11,14-16H,5,12-13H2,1-2H3,(H,28,29,30). The summed E-state index contributed by atoms with van der Waals surface area (Å²) in [5, 5.41) is 6.62. The summed E-state index contributed by atoms with van der Waals surface area (Å²) >= 11 is 0. The van der Waals surface area contributed by atoms with Crippen molar-refractivity contribution in [3.05, 3.63) is 77.6 Å². The van der Waals surface area contributed by atoms with Crippen molar-refractivity contribution >= 4 is 39.6 Å². The highest BCUT2D eigenvalue weighted by Gasteiger charge is 2.09. The fourth-order valence-corrected chi connectivity index (χ4v) is 3.43. The Balaban J connectivity index is 1.71. The van der Waals surface area contributed by atoms with Crippen molar-refractivity contribution in [3.63, 3.8) is 0 Å². The SMILES string of the molecule is CN(C)CCCNc1nc(C=Cc2ccc(F)c(F)c2)nc2cc3ccccc3cc12. The van der Waals surface area contributed by atoms with E-state index in [1.54, 1.807) is 12.2 Å². The van der Waals surface area contributed by atoms with E-state index in [9.17, 15) is 8.78 Å². The summed E-state index contributed by atoms with van der Waals surface area (Å²) in [4.78, 5) is 11.5. The second-order valence-electron chi connectivity index (χ2n) is 7.74. The predicted molar refractivity (Wildman–Crippen MR) is 124 cm³/mol. The minimum atomic E-state index is -0.878. The van der Waals surface area contributed by atoms with Crippen molar-refractivity contribution in [2.45, 2.75) is 6.42 Å². The maximum Gasteiger partial charge on any atom is 0.159 e. The Bertz CT molecular complexity index is 1250. The van der Waals surface area contributed by atoms with Gasteiger partial charge in [-0.1, -0.05) is 36.4 Å². The summed E-state index contributed by atoms with van der Waals surface area (Å²) in [7, 11) is 4.10. The molecule has 1 aromatic heterocycles. The van der Waals surface area contributed by atoms with Crippen LogP contribution in [0.15, 0.2) is 54.6 Å². The van der Waals surface area contributed by atoms with Crippen molar-refractivity contribution in [2.75, 3.05) is 32.5 Å². The van der Waals surface area contributed by atoms with E-state index in [-0.39, 0.29) is 0 Å². The number of hydrogen-bond acceptors (Lipinski definition) is 4. The van der Waals surface area contributed by atoms with E-state index in [4.69, 9.17) is 0 Å². The van der Waals surface area contributed by atoms with Gasteiger partial charge in [0.15, 0.2) is 17.5 Å². The molecule has 0 aliphatic carbocycles. The van der Waals surface area contributed by atoms with E-state index < -0.39 is 11.6 Å². The lowest BCUT2D eigenvalue weighted by atomic mass is 10.1. The molecule has 0 saturated carbocycles. The van der Waals surface area contributed by atoms with E-state index in [2.05, 4.69) is 38.4 Å². The molecule has 0 atom stereocenters. The number of hydrogen-bond donors (Lipinski definition) is 1. The molecule has 0 aliphatic heterocycles. The number of nitrogens with zero attached hydrogens (tertiary/aromatic N) is 3. The molecule has 1 N–H and O–H groups in total.